The fraction of sp³-hybridized carbons (Fsp3) is 0.462. The van der Waals surface area contributed by atoms with Gasteiger partial charge in [-0.3, -0.25) is 0 Å². The summed E-state index contributed by atoms with van der Waals surface area (Å²) in [5, 5.41) is 9.32. The Labute approximate surface area is 116 Å². The first-order valence-corrected chi connectivity index (χ1v) is 6.70. The van der Waals surface area contributed by atoms with Gasteiger partial charge >= 0.3 is 0 Å². The quantitative estimate of drug-likeness (QED) is 0.573. The maximum absolute atomic E-state index is 8.56. The molecule has 0 aromatic heterocycles. The molecular formula is C13H16BrNO3. The van der Waals surface area contributed by atoms with Crippen LogP contribution in [0.2, 0.25) is 0 Å². The summed E-state index contributed by atoms with van der Waals surface area (Å²) in [4.78, 5) is 0. The molecular weight excluding hydrogens is 298 g/mol. The smallest absolute Gasteiger partial charge is 0.161 e. The molecule has 1 rings (SSSR count). The molecule has 1 atom stereocenters. The van der Waals surface area contributed by atoms with Gasteiger partial charge in [0.05, 0.1) is 19.8 Å². The number of hydrogen-bond acceptors (Lipinski definition) is 4. The highest BCUT2D eigenvalue weighted by molar-refractivity contribution is 9.08. The molecule has 0 heterocycles. The number of rotatable bonds is 7. The highest BCUT2D eigenvalue weighted by Gasteiger charge is 2.06. The summed E-state index contributed by atoms with van der Waals surface area (Å²) in [5.74, 6) is 1.37. The van der Waals surface area contributed by atoms with E-state index in [0.29, 0.717) is 24.7 Å². The number of methoxy groups -OCH3 is 1. The SMILES string of the molecule is COc1ccc(CBr)cc1OCCOC(C)C#N. The number of hydrogen-bond donors (Lipinski definition) is 0. The van der Waals surface area contributed by atoms with Crippen LogP contribution < -0.4 is 9.47 Å². The second-order valence-corrected chi connectivity index (χ2v) is 4.17. The van der Waals surface area contributed by atoms with E-state index in [9.17, 15) is 0 Å². The Morgan fingerprint density at radius 1 is 1.33 bits per heavy atom. The van der Waals surface area contributed by atoms with Gasteiger partial charge < -0.3 is 14.2 Å². The molecule has 1 unspecified atom stereocenters. The summed E-state index contributed by atoms with van der Waals surface area (Å²) >= 11 is 3.39. The molecule has 0 fully saturated rings. The lowest BCUT2D eigenvalue weighted by molar-refractivity contribution is 0.0736. The highest BCUT2D eigenvalue weighted by atomic mass is 79.9. The summed E-state index contributed by atoms with van der Waals surface area (Å²) in [6, 6.07) is 7.75. The Balaban J connectivity index is 2.52. The number of nitriles is 1. The maximum atomic E-state index is 8.56. The summed E-state index contributed by atoms with van der Waals surface area (Å²) < 4.78 is 16.0. The van der Waals surface area contributed by atoms with Crippen LogP contribution >= 0.6 is 15.9 Å². The Bertz CT molecular complexity index is 417. The zero-order chi connectivity index (χ0) is 13.4. The highest BCUT2D eigenvalue weighted by Crippen LogP contribution is 2.28. The second kappa shape index (κ2) is 7.96. The third kappa shape index (κ3) is 4.55. The summed E-state index contributed by atoms with van der Waals surface area (Å²) in [7, 11) is 1.60. The molecule has 98 valence electrons. The van der Waals surface area contributed by atoms with Gasteiger partial charge in [-0.15, -0.1) is 0 Å². The molecule has 0 radical (unpaired) electrons. The van der Waals surface area contributed by atoms with E-state index in [2.05, 4.69) is 15.9 Å². The first-order valence-electron chi connectivity index (χ1n) is 5.58. The topological polar surface area (TPSA) is 51.5 Å². The number of nitrogens with zero attached hydrogens (tertiary/aromatic N) is 1. The standard InChI is InChI=1S/C13H16BrNO3/c1-10(9-15)17-5-6-18-13-7-11(8-14)3-4-12(13)16-2/h3-4,7,10H,5-6,8H2,1-2H3. The van der Waals surface area contributed by atoms with Crippen LogP contribution in [0.3, 0.4) is 0 Å². The van der Waals surface area contributed by atoms with Crippen molar-refractivity contribution in [3.05, 3.63) is 23.8 Å². The van der Waals surface area contributed by atoms with Crippen LogP contribution in [0.4, 0.5) is 0 Å². The maximum Gasteiger partial charge on any atom is 0.161 e. The second-order valence-electron chi connectivity index (χ2n) is 3.61. The van der Waals surface area contributed by atoms with Crippen molar-refractivity contribution < 1.29 is 14.2 Å². The zero-order valence-electron chi connectivity index (χ0n) is 10.5. The molecule has 0 saturated carbocycles. The van der Waals surface area contributed by atoms with Gasteiger partial charge in [0.15, 0.2) is 11.5 Å². The van der Waals surface area contributed by atoms with Crippen molar-refractivity contribution in [2.24, 2.45) is 0 Å². The summed E-state index contributed by atoms with van der Waals surface area (Å²) in [6.07, 6.45) is -0.413. The minimum absolute atomic E-state index is 0.371. The number of halogens is 1. The van der Waals surface area contributed by atoms with Crippen LogP contribution in [-0.2, 0) is 10.1 Å². The van der Waals surface area contributed by atoms with Crippen molar-refractivity contribution >= 4 is 15.9 Å². The van der Waals surface area contributed by atoms with Gasteiger partial charge in [-0.1, -0.05) is 22.0 Å². The molecule has 18 heavy (non-hydrogen) atoms. The van der Waals surface area contributed by atoms with Gasteiger partial charge in [0.2, 0.25) is 0 Å². The number of ether oxygens (including phenoxy) is 3. The van der Waals surface area contributed by atoms with Crippen molar-refractivity contribution in [3.63, 3.8) is 0 Å². The van der Waals surface area contributed by atoms with E-state index in [1.165, 1.54) is 0 Å². The number of alkyl halides is 1. The lowest BCUT2D eigenvalue weighted by atomic mass is 10.2. The van der Waals surface area contributed by atoms with E-state index in [1.54, 1.807) is 14.0 Å². The molecule has 0 saturated heterocycles. The molecule has 0 bridgehead atoms. The van der Waals surface area contributed by atoms with E-state index < -0.39 is 6.10 Å². The third-order valence-electron chi connectivity index (χ3n) is 2.27. The molecule has 0 amide bonds. The molecule has 1 aromatic rings. The molecule has 0 spiro atoms. The fourth-order valence-electron chi connectivity index (χ4n) is 1.33. The average molecular weight is 314 g/mol. The Morgan fingerprint density at radius 3 is 2.72 bits per heavy atom. The monoisotopic (exact) mass is 313 g/mol. The van der Waals surface area contributed by atoms with Crippen LogP contribution in [0.5, 0.6) is 11.5 Å². The summed E-state index contributed by atoms with van der Waals surface area (Å²) in [6.45, 7) is 2.45. The predicted octanol–water partition coefficient (Wildman–Crippen LogP) is 2.90. The zero-order valence-corrected chi connectivity index (χ0v) is 12.1. The number of benzene rings is 1. The van der Waals surface area contributed by atoms with Gasteiger partial charge in [0, 0.05) is 5.33 Å². The Hall–Kier alpha value is -1.25. The van der Waals surface area contributed by atoms with E-state index in [0.717, 1.165) is 10.9 Å². The average Bonchev–Trinajstić information content (AvgIpc) is 2.42. The normalized spacial score (nSPS) is 11.7. The van der Waals surface area contributed by atoms with Gasteiger partial charge in [-0.2, -0.15) is 5.26 Å². The predicted molar refractivity (Wildman–Crippen MR) is 72.1 cm³/mol. The van der Waals surface area contributed by atoms with E-state index in [1.807, 2.05) is 24.3 Å². The molecule has 5 heteroatoms. The third-order valence-corrected chi connectivity index (χ3v) is 2.92. The van der Waals surface area contributed by atoms with Crippen LogP contribution in [0.15, 0.2) is 18.2 Å². The largest absolute Gasteiger partial charge is 0.493 e. The summed E-state index contributed by atoms with van der Waals surface area (Å²) in [5.41, 5.74) is 1.11. The van der Waals surface area contributed by atoms with Crippen LogP contribution in [0, 0.1) is 11.3 Å². The molecule has 0 aliphatic rings. The van der Waals surface area contributed by atoms with Crippen LogP contribution in [0.1, 0.15) is 12.5 Å². The minimum atomic E-state index is -0.413. The molecule has 1 aromatic carbocycles. The molecule has 0 aliphatic carbocycles. The Kier molecular flexibility index (Phi) is 6.55. The Morgan fingerprint density at radius 2 is 2.11 bits per heavy atom. The van der Waals surface area contributed by atoms with Crippen molar-refractivity contribution in [2.75, 3.05) is 20.3 Å². The first kappa shape index (κ1) is 14.8. The first-order chi connectivity index (χ1) is 8.71. The molecule has 0 N–H and O–H groups in total. The lowest BCUT2D eigenvalue weighted by Crippen LogP contribution is -2.12. The van der Waals surface area contributed by atoms with Crippen LogP contribution in [0.25, 0.3) is 0 Å². The van der Waals surface area contributed by atoms with Gasteiger partial charge in [0.25, 0.3) is 0 Å². The van der Waals surface area contributed by atoms with E-state index >= 15 is 0 Å². The van der Waals surface area contributed by atoms with Gasteiger partial charge in [-0.05, 0) is 24.6 Å². The van der Waals surface area contributed by atoms with Crippen molar-refractivity contribution in [2.45, 2.75) is 18.4 Å². The lowest BCUT2D eigenvalue weighted by Gasteiger charge is -2.12. The van der Waals surface area contributed by atoms with E-state index in [-0.39, 0.29) is 0 Å². The van der Waals surface area contributed by atoms with E-state index in [4.69, 9.17) is 19.5 Å². The molecule has 0 aliphatic heterocycles. The van der Waals surface area contributed by atoms with Crippen molar-refractivity contribution in [3.8, 4) is 17.6 Å². The fourth-order valence-corrected chi connectivity index (χ4v) is 1.68. The van der Waals surface area contributed by atoms with Crippen molar-refractivity contribution in [1.29, 1.82) is 5.26 Å². The van der Waals surface area contributed by atoms with Gasteiger partial charge in [0.1, 0.15) is 12.7 Å². The van der Waals surface area contributed by atoms with Crippen molar-refractivity contribution in [1.82, 2.24) is 0 Å². The van der Waals surface area contributed by atoms with Crippen LogP contribution in [-0.4, -0.2) is 26.4 Å². The van der Waals surface area contributed by atoms with Gasteiger partial charge in [-0.25, -0.2) is 0 Å². The minimum Gasteiger partial charge on any atom is -0.493 e. The molecule has 4 nitrogen and oxygen atoms in total.